The fourth-order valence-electron chi connectivity index (χ4n) is 4.83. The van der Waals surface area contributed by atoms with Gasteiger partial charge in [-0.05, 0) is 37.1 Å². The van der Waals surface area contributed by atoms with Gasteiger partial charge in [-0.25, -0.2) is 9.97 Å². The summed E-state index contributed by atoms with van der Waals surface area (Å²) in [6.45, 7) is 5.48. The topological polar surface area (TPSA) is 114 Å². The number of benzene rings is 2. The molecule has 2 N–H and O–H groups in total. The van der Waals surface area contributed by atoms with Crippen molar-refractivity contribution in [1.29, 1.82) is 0 Å². The summed E-state index contributed by atoms with van der Waals surface area (Å²) < 4.78 is 24.2. The Morgan fingerprint density at radius 1 is 1.07 bits per heavy atom. The lowest BCUT2D eigenvalue weighted by Crippen LogP contribution is -2.33. The minimum atomic E-state index is -0.143. The second kappa shape index (κ2) is 14.9. The Morgan fingerprint density at radius 2 is 1.90 bits per heavy atom. The van der Waals surface area contributed by atoms with Gasteiger partial charge in [0.15, 0.2) is 17.3 Å². The first-order valence-electron chi connectivity index (χ1n) is 13.7. The van der Waals surface area contributed by atoms with Crippen molar-refractivity contribution in [3.05, 3.63) is 53.9 Å². The second-order valence-electron chi connectivity index (χ2n) is 9.47. The van der Waals surface area contributed by atoms with Crippen LogP contribution in [0.4, 0.5) is 5.82 Å². The molecule has 41 heavy (non-hydrogen) atoms. The molecule has 0 atom stereocenters. The number of amides is 1. The Kier molecular flexibility index (Phi) is 11.0. The van der Waals surface area contributed by atoms with Crippen LogP contribution in [0.2, 0.25) is 0 Å². The number of para-hydroxylation sites is 1. The monoisotopic (exact) mass is 583 g/mol. The third-order valence-electron chi connectivity index (χ3n) is 6.79. The predicted octanol–water partition coefficient (Wildman–Crippen LogP) is 4.44. The lowest BCUT2D eigenvalue weighted by atomic mass is 10.1. The van der Waals surface area contributed by atoms with E-state index in [2.05, 4.69) is 9.55 Å². The average Bonchev–Trinajstić information content (AvgIpc) is 3.36. The molecule has 4 aromatic rings. The van der Waals surface area contributed by atoms with E-state index in [4.69, 9.17) is 41.3 Å². The lowest BCUT2D eigenvalue weighted by molar-refractivity contribution is -0.129. The van der Waals surface area contributed by atoms with Gasteiger partial charge in [0.25, 0.3) is 0 Å². The molecule has 220 valence electrons. The Labute approximate surface area is 245 Å². The number of hydrogen-bond donors (Lipinski definition) is 1. The van der Waals surface area contributed by atoms with E-state index in [1.807, 2.05) is 49.4 Å². The Bertz CT molecular complexity index is 1460. The summed E-state index contributed by atoms with van der Waals surface area (Å²) in [6, 6.07) is 13.6. The van der Waals surface area contributed by atoms with Crippen LogP contribution in [0.15, 0.2) is 42.5 Å². The number of hydrogen-bond acceptors (Lipinski definition) is 8. The molecule has 10 nitrogen and oxygen atoms in total. The molecule has 0 bridgehead atoms. The van der Waals surface area contributed by atoms with E-state index in [1.165, 1.54) is 0 Å². The smallest absolute Gasteiger partial charge is 0.237 e. The SMILES string of the molecule is CCOCCOc1cc(CN(CCCn2c(CCOC)nc3c(N)nc4ccccc4c32)C(=O)CCl)ccc1OC. The second-order valence-corrected chi connectivity index (χ2v) is 9.73. The third-order valence-corrected chi connectivity index (χ3v) is 7.02. The van der Waals surface area contributed by atoms with Gasteiger partial charge in [0, 0.05) is 45.2 Å². The van der Waals surface area contributed by atoms with E-state index in [1.54, 1.807) is 19.1 Å². The number of imidazole rings is 1. The summed E-state index contributed by atoms with van der Waals surface area (Å²) in [4.78, 5) is 24.0. The molecule has 0 unspecified atom stereocenters. The number of nitrogen functional groups attached to an aromatic ring is 1. The number of aryl methyl sites for hydroxylation is 1. The summed E-state index contributed by atoms with van der Waals surface area (Å²) >= 11 is 6.01. The maximum Gasteiger partial charge on any atom is 0.237 e. The van der Waals surface area contributed by atoms with E-state index >= 15 is 0 Å². The van der Waals surface area contributed by atoms with Crippen LogP contribution in [0.5, 0.6) is 11.5 Å². The van der Waals surface area contributed by atoms with Gasteiger partial charge >= 0.3 is 0 Å². The summed E-state index contributed by atoms with van der Waals surface area (Å²) in [6.07, 6.45) is 1.31. The number of aromatic nitrogens is 3. The summed E-state index contributed by atoms with van der Waals surface area (Å²) in [5.41, 5.74) is 9.67. The van der Waals surface area contributed by atoms with E-state index in [9.17, 15) is 4.79 Å². The van der Waals surface area contributed by atoms with Gasteiger partial charge in [0.1, 0.15) is 23.8 Å². The van der Waals surface area contributed by atoms with Crippen LogP contribution < -0.4 is 15.2 Å². The van der Waals surface area contributed by atoms with Gasteiger partial charge in [-0.1, -0.05) is 24.3 Å². The summed E-state index contributed by atoms with van der Waals surface area (Å²) in [7, 11) is 3.27. The number of ether oxygens (including phenoxy) is 4. The molecule has 0 radical (unpaired) electrons. The molecule has 0 aliphatic carbocycles. The molecule has 1 amide bonds. The predicted molar refractivity (Wildman–Crippen MR) is 161 cm³/mol. The molecule has 11 heteroatoms. The van der Waals surface area contributed by atoms with Gasteiger partial charge in [0.05, 0.1) is 31.4 Å². The molecule has 0 aliphatic heterocycles. The number of rotatable bonds is 16. The van der Waals surface area contributed by atoms with Crippen LogP contribution in [0.25, 0.3) is 21.9 Å². The fraction of sp³-hybridized carbons (Fsp3) is 0.433. The number of carbonyl (C=O) groups excluding carboxylic acids is 1. The number of nitrogens with zero attached hydrogens (tertiary/aromatic N) is 4. The Hall–Kier alpha value is -3.60. The minimum Gasteiger partial charge on any atom is -0.493 e. The van der Waals surface area contributed by atoms with E-state index in [0.29, 0.717) is 81.7 Å². The molecular weight excluding hydrogens is 546 g/mol. The molecule has 0 saturated heterocycles. The van der Waals surface area contributed by atoms with Crippen LogP contribution in [0.1, 0.15) is 24.7 Å². The highest BCUT2D eigenvalue weighted by atomic mass is 35.5. The van der Waals surface area contributed by atoms with E-state index < -0.39 is 0 Å². The first kappa shape index (κ1) is 30.4. The number of alkyl halides is 1. The number of carbonyl (C=O) groups is 1. The molecule has 2 aromatic heterocycles. The van der Waals surface area contributed by atoms with Gasteiger partial charge in [-0.3, -0.25) is 4.79 Å². The van der Waals surface area contributed by atoms with Crippen LogP contribution >= 0.6 is 11.6 Å². The van der Waals surface area contributed by atoms with E-state index in [0.717, 1.165) is 27.8 Å². The summed E-state index contributed by atoms with van der Waals surface area (Å²) in [5.74, 6) is 2.24. The zero-order valence-corrected chi connectivity index (χ0v) is 24.7. The van der Waals surface area contributed by atoms with Crippen molar-refractivity contribution in [2.45, 2.75) is 32.9 Å². The normalized spacial score (nSPS) is 11.3. The maximum absolute atomic E-state index is 12.9. The highest BCUT2D eigenvalue weighted by Crippen LogP contribution is 2.30. The van der Waals surface area contributed by atoms with Crippen LogP contribution in [-0.4, -0.2) is 78.4 Å². The van der Waals surface area contributed by atoms with Gasteiger partial charge in [-0.15, -0.1) is 11.6 Å². The van der Waals surface area contributed by atoms with Crippen molar-refractivity contribution in [3.8, 4) is 11.5 Å². The molecule has 0 saturated carbocycles. The Morgan fingerprint density at radius 3 is 2.66 bits per heavy atom. The van der Waals surface area contributed by atoms with Crippen molar-refractivity contribution in [2.75, 3.05) is 58.8 Å². The van der Waals surface area contributed by atoms with Crippen molar-refractivity contribution in [2.24, 2.45) is 0 Å². The van der Waals surface area contributed by atoms with Crippen molar-refractivity contribution in [3.63, 3.8) is 0 Å². The third kappa shape index (κ3) is 7.38. The number of halogens is 1. The number of nitrogens with two attached hydrogens (primary N) is 1. The molecule has 0 spiro atoms. The van der Waals surface area contributed by atoms with Gasteiger partial charge in [-0.2, -0.15) is 0 Å². The lowest BCUT2D eigenvalue weighted by Gasteiger charge is -2.23. The first-order chi connectivity index (χ1) is 20.0. The maximum atomic E-state index is 12.9. The number of methoxy groups -OCH3 is 2. The quantitative estimate of drug-likeness (QED) is 0.152. The largest absolute Gasteiger partial charge is 0.493 e. The molecular formula is C30H38ClN5O5. The number of pyridine rings is 1. The minimum absolute atomic E-state index is 0.103. The highest BCUT2D eigenvalue weighted by Gasteiger charge is 2.19. The standard InChI is InChI=1S/C30H38ClN5O5/c1-4-40-16-17-41-25-18-21(10-11-24(25)39-3)20-35(27(37)19-31)13-7-14-36-26(12-15-38-2)34-28-29(36)22-8-5-6-9-23(22)33-30(28)32/h5-6,8-11,18H,4,7,12-17,19-20H2,1-3H3,(H2,32,33). The molecule has 4 rings (SSSR count). The van der Waals surface area contributed by atoms with Crippen LogP contribution in [0, 0.1) is 0 Å². The molecule has 0 fully saturated rings. The molecule has 2 aromatic carbocycles. The van der Waals surface area contributed by atoms with Crippen molar-refractivity contribution >= 4 is 45.3 Å². The van der Waals surface area contributed by atoms with E-state index in [-0.39, 0.29) is 11.8 Å². The molecule has 0 aliphatic rings. The number of anilines is 1. The molecule has 2 heterocycles. The highest BCUT2D eigenvalue weighted by molar-refractivity contribution is 6.27. The van der Waals surface area contributed by atoms with Gasteiger partial charge in [0.2, 0.25) is 5.91 Å². The zero-order valence-electron chi connectivity index (χ0n) is 23.9. The van der Waals surface area contributed by atoms with Crippen molar-refractivity contribution < 1.29 is 23.7 Å². The number of fused-ring (bicyclic) bond motifs is 3. The Balaban J connectivity index is 1.55. The van der Waals surface area contributed by atoms with Crippen molar-refractivity contribution in [1.82, 2.24) is 19.4 Å². The van der Waals surface area contributed by atoms with Crippen LogP contribution in [0.3, 0.4) is 0 Å². The van der Waals surface area contributed by atoms with Crippen LogP contribution in [-0.2, 0) is 33.8 Å². The zero-order chi connectivity index (χ0) is 29.2. The average molecular weight is 584 g/mol. The fourth-order valence-corrected chi connectivity index (χ4v) is 5.00. The first-order valence-corrected chi connectivity index (χ1v) is 14.3. The van der Waals surface area contributed by atoms with Gasteiger partial charge < -0.3 is 34.1 Å². The summed E-state index contributed by atoms with van der Waals surface area (Å²) in [5, 5.41) is 0.983.